The standard InChI is InChI=1S/C20H28N4O4S.C2HF3O2/c25-19-12-16-11-15(1-2-18(16)23-19)20(26)22-17-5-9-24(10-6-17)29(27,28)13-14-3-7-21-8-4-14;3-2(4,5)1(6)7/h1-2,11,14,17,21H,3-10,12-13H2,(H,22,26)(H,23,25);(H,6,7). The number of hydrogen-bond donors (Lipinski definition) is 4. The molecule has 2 saturated heterocycles. The molecular weight excluding hydrogens is 505 g/mol. The lowest BCUT2D eigenvalue weighted by atomic mass is 10.0. The van der Waals surface area contributed by atoms with Crippen LogP contribution in [-0.2, 0) is 26.0 Å². The molecule has 0 radical (unpaired) electrons. The highest BCUT2D eigenvalue weighted by molar-refractivity contribution is 7.89. The average Bonchev–Trinajstić information content (AvgIpc) is 3.19. The van der Waals surface area contributed by atoms with Gasteiger partial charge in [-0.1, -0.05) is 0 Å². The van der Waals surface area contributed by atoms with Crippen molar-refractivity contribution in [2.45, 2.75) is 44.3 Å². The molecule has 3 aliphatic heterocycles. The third kappa shape index (κ3) is 7.64. The number of anilines is 1. The molecule has 36 heavy (non-hydrogen) atoms. The molecule has 0 aromatic heterocycles. The van der Waals surface area contributed by atoms with Crippen molar-refractivity contribution in [3.8, 4) is 0 Å². The van der Waals surface area contributed by atoms with Gasteiger partial charge in [-0.3, -0.25) is 9.59 Å². The molecular formula is C22H29F3N4O6S. The maximum atomic E-state index is 12.7. The number of alkyl halides is 3. The Morgan fingerprint density at radius 1 is 1.11 bits per heavy atom. The molecule has 0 saturated carbocycles. The lowest BCUT2D eigenvalue weighted by Crippen LogP contribution is -2.48. The van der Waals surface area contributed by atoms with Crippen LogP contribution in [0.1, 0.15) is 41.6 Å². The van der Waals surface area contributed by atoms with Crippen molar-refractivity contribution in [3.63, 3.8) is 0 Å². The lowest BCUT2D eigenvalue weighted by Gasteiger charge is -2.33. The summed E-state index contributed by atoms with van der Waals surface area (Å²) in [6.45, 7) is 2.67. The summed E-state index contributed by atoms with van der Waals surface area (Å²) in [6, 6.07) is 5.17. The Morgan fingerprint density at radius 2 is 1.72 bits per heavy atom. The normalized spacial score (nSPS) is 19.6. The number of carboxylic acid groups (broad SMARTS) is 1. The Balaban J connectivity index is 0.000000454. The van der Waals surface area contributed by atoms with Crippen molar-refractivity contribution < 1.29 is 41.1 Å². The molecule has 0 aliphatic carbocycles. The van der Waals surface area contributed by atoms with E-state index >= 15 is 0 Å². The monoisotopic (exact) mass is 534 g/mol. The van der Waals surface area contributed by atoms with Crippen LogP contribution in [0.5, 0.6) is 0 Å². The molecule has 0 bridgehead atoms. The second kappa shape index (κ2) is 11.6. The summed E-state index contributed by atoms with van der Waals surface area (Å²) in [5.74, 6) is -2.53. The van der Waals surface area contributed by atoms with Gasteiger partial charge < -0.3 is 21.1 Å². The Labute approximate surface area is 206 Å². The van der Waals surface area contributed by atoms with Gasteiger partial charge in [-0.15, -0.1) is 0 Å². The number of nitrogens with one attached hydrogen (secondary N) is 3. The van der Waals surface area contributed by atoms with E-state index in [4.69, 9.17) is 9.90 Å². The maximum absolute atomic E-state index is 12.7. The first-order valence-electron chi connectivity index (χ1n) is 11.6. The Bertz CT molecular complexity index is 1080. The van der Waals surface area contributed by atoms with Crippen LogP contribution in [-0.4, -0.2) is 79.8 Å². The predicted molar refractivity (Wildman–Crippen MR) is 124 cm³/mol. The molecule has 4 N–H and O–H groups in total. The molecule has 1 aromatic carbocycles. The van der Waals surface area contributed by atoms with Gasteiger partial charge in [0.1, 0.15) is 0 Å². The van der Waals surface area contributed by atoms with E-state index in [1.807, 2.05) is 0 Å². The topological polar surface area (TPSA) is 145 Å². The molecule has 3 heterocycles. The molecule has 0 atom stereocenters. The molecule has 10 nitrogen and oxygen atoms in total. The van der Waals surface area contributed by atoms with E-state index in [-0.39, 0.29) is 29.5 Å². The number of carboxylic acids is 1. The van der Waals surface area contributed by atoms with Crippen molar-refractivity contribution in [2.75, 3.05) is 37.2 Å². The van der Waals surface area contributed by atoms with Gasteiger partial charge in [0.05, 0.1) is 12.2 Å². The van der Waals surface area contributed by atoms with Crippen LogP contribution in [0.4, 0.5) is 18.9 Å². The van der Waals surface area contributed by atoms with Gasteiger partial charge in [-0.05, 0) is 68.5 Å². The van der Waals surface area contributed by atoms with Gasteiger partial charge in [0.2, 0.25) is 15.9 Å². The van der Waals surface area contributed by atoms with Gasteiger partial charge in [0.15, 0.2) is 0 Å². The third-order valence-corrected chi connectivity index (χ3v) is 8.37. The minimum Gasteiger partial charge on any atom is -0.475 e. The van der Waals surface area contributed by atoms with Gasteiger partial charge in [0, 0.05) is 30.4 Å². The summed E-state index contributed by atoms with van der Waals surface area (Å²) in [7, 11) is -3.25. The van der Waals surface area contributed by atoms with Crippen LogP contribution in [0.2, 0.25) is 0 Å². The van der Waals surface area contributed by atoms with Gasteiger partial charge in [0.25, 0.3) is 5.91 Å². The number of carbonyl (C=O) groups excluding carboxylic acids is 2. The zero-order valence-corrected chi connectivity index (χ0v) is 20.3. The van der Waals surface area contributed by atoms with E-state index in [0.717, 1.165) is 37.2 Å². The highest BCUT2D eigenvalue weighted by Crippen LogP contribution is 2.24. The van der Waals surface area contributed by atoms with E-state index in [9.17, 15) is 31.2 Å². The number of carbonyl (C=O) groups is 3. The Hall–Kier alpha value is -2.71. The largest absolute Gasteiger partial charge is 0.490 e. The molecule has 1 aromatic rings. The fourth-order valence-electron chi connectivity index (χ4n) is 4.37. The molecule has 2 amide bonds. The van der Waals surface area contributed by atoms with Crippen LogP contribution >= 0.6 is 0 Å². The summed E-state index contributed by atoms with van der Waals surface area (Å²) in [5.41, 5.74) is 2.13. The van der Waals surface area contributed by atoms with Gasteiger partial charge >= 0.3 is 12.1 Å². The van der Waals surface area contributed by atoms with Gasteiger partial charge in [-0.25, -0.2) is 17.5 Å². The van der Waals surface area contributed by atoms with Crippen molar-refractivity contribution >= 4 is 33.5 Å². The number of piperidine rings is 2. The number of hydrogen-bond acceptors (Lipinski definition) is 6. The van der Waals surface area contributed by atoms with E-state index in [1.165, 1.54) is 0 Å². The van der Waals surface area contributed by atoms with Gasteiger partial charge in [-0.2, -0.15) is 13.2 Å². The minimum atomic E-state index is -5.08. The van der Waals surface area contributed by atoms with Crippen molar-refractivity contribution in [2.24, 2.45) is 5.92 Å². The SMILES string of the molecule is O=C(O)C(F)(F)F.O=C1Cc2cc(C(=O)NC3CCN(S(=O)(=O)CC4CCNCC4)CC3)ccc2N1. The molecule has 4 rings (SSSR count). The highest BCUT2D eigenvalue weighted by Gasteiger charge is 2.38. The zero-order chi connectivity index (χ0) is 26.5. The van der Waals surface area contributed by atoms with E-state index in [2.05, 4.69) is 16.0 Å². The molecule has 0 unspecified atom stereocenters. The summed E-state index contributed by atoms with van der Waals surface area (Å²) in [5, 5.41) is 16.2. The number of nitrogens with zero attached hydrogens (tertiary/aromatic N) is 1. The van der Waals surface area contributed by atoms with Crippen molar-refractivity contribution in [1.29, 1.82) is 0 Å². The van der Waals surface area contributed by atoms with Crippen molar-refractivity contribution in [3.05, 3.63) is 29.3 Å². The second-order valence-corrected chi connectivity index (χ2v) is 11.0. The molecule has 3 aliphatic rings. The summed E-state index contributed by atoms with van der Waals surface area (Å²) >= 11 is 0. The van der Waals surface area contributed by atoms with Crippen LogP contribution in [0.15, 0.2) is 18.2 Å². The molecule has 2 fully saturated rings. The highest BCUT2D eigenvalue weighted by atomic mass is 32.2. The molecule has 14 heteroatoms. The first kappa shape index (κ1) is 27.9. The third-order valence-electron chi connectivity index (χ3n) is 6.32. The lowest BCUT2D eigenvalue weighted by molar-refractivity contribution is -0.192. The minimum absolute atomic E-state index is 0.0409. The smallest absolute Gasteiger partial charge is 0.475 e. The first-order chi connectivity index (χ1) is 16.8. The Kier molecular flexibility index (Phi) is 8.95. The summed E-state index contributed by atoms with van der Waals surface area (Å²) in [4.78, 5) is 32.9. The first-order valence-corrected chi connectivity index (χ1v) is 13.2. The fourth-order valence-corrected chi connectivity index (χ4v) is 6.28. The van der Waals surface area contributed by atoms with E-state index in [1.54, 1.807) is 22.5 Å². The fraction of sp³-hybridized carbons (Fsp3) is 0.591. The number of aliphatic carboxylic acids is 1. The van der Waals surface area contributed by atoms with Crippen LogP contribution in [0.3, 0.4) is 0 Å². The average molecular weight is 535 g/mol. The number of benzene rings is 1. The van der Waals surface area contributed by atoms with Crippen molar-refractivity contribution in [1.82, 2.24) is 14.9 Å². The number of fused-ring (bicyclic) bond motifs is 1. The maximum Gasteiger partial charge on any atom is 0.490 e. The summed E-state index contributed by atoms with van der Waals surface area (Å²) < 4.78 is 58.8. The summed E-state index contributed by atoms with van der Waals surface area (Å²) in [6.07, 6.45) is -1.74. The quantitative estimate of drug-likeness (QED) is 0.446. The zero-order valence-electron chi connectivity index (χ0n) is 19.4. The number of sulfonamides is 1. The number of rotatable bonds is 5. The van der Waals surface area contributed by atoms with Crippen LogP contribution in [0, 0.1) is 5.92 Å². The number of amides is 2. The van der Waals surface area contributed by atoms with E-state index < -0.39 is 22.2 Å². The predicted octanol–water partition coefficient (Wildman–Crippen LogP) is 1.34. The van der Waals surface area contributed by atoms with Crippen LogP contribution < -0.4 is 16.0 Å². The molecule has 200 valence electrons. The Morgan fingerprint density at radius 3 is 2.31 bits per heavy atom. The second-order valence-electron chi connectivity index (χ2n) is 9.02. The van der Waals surface area contributed by atoms with Crippen LogP contribution in [0.25, 0.3) is 0 Å². The number of halogens is 3. The molecule has 0 spiro atoms. The van der Waals surface area contributed by atoms with E-state index in [0.29, 0.717) is 37.9 Å².